The lowest BCUT2D eigenvalue weighted by atomic mass is 10.0. The third kappa shape index (κ3) is 5.19. The van der Waals surface area contributed by atoms with Crippen molar-refractivity contribution in [2.24, 2.45) is 0 Å². The van der Waals surface area contributed by atoms with Gasteiger partial charge in [0.05, 0.1) is 0 Å². The number of nitrogens with one attached hydrogen (secondary N) is 2. The van der Waals surface area contributed by atoms with Gasteiger partial charge in [-0.2, -0.15) is 0 Å². The van der Waals surface area contributed by atoms with E-state index in [0.29, 0.717) is 18.1 Å². The summed E-state index contributed by atoms with van der Waals surface area (Å²) < 4.78 is 1.15. The van der Waals surface area contributed by atoms with Crippen LogP contribution in [0.5, 0.6) is 0 Å². The van der Waals surface area contributed by atoms with Gasteiger partial charge in [-0.3, -0.25) is 0 Å². The Morgan fingerprint density at radius 2 is 2.15 bits per heavy atom. The van der Waals surface area contributed by atoms with E-state index in [1.807, 2.05) is 0 Å². The highest BCUT2D eigenvalue weighted by Crippen LogP contribution is 2.19. The minimum absolute atomic E-state index is 0.397. The SMILES string of the molecule is CC(CC1CCCCCN1)NC(C)c1cccc(Br)c1. The topological polar surface area (TPSA) is 24.1 Å². The summed E-state index contributed by atoms with van der Waals surface area (Å²) >= 11 is 3.55. The average molecular weight is 339 g/mol. The van der Waals surface area contributed by atoms with Crippen LogP contribution in [0.15, 0.2) is 28.7 Å². The molecule has 1 aromatic carbocycles. The number of rotatable bonds is 5. The van der Waals surface area contributed by atoms with Crippen molar-refractivity contribution in [3.63, 3.8) is 0 Å². The number of hydrogen-bond donors (Lipinski definition) is 2. The van der Waals surface area contributed by atoms with E-state index in [-0.39, 0.29) is 0 Å². The van der Waals surface area contributed by atoms with Gasteiger partial charge in [-0.25, -0.2) is 0 Å². The maximum absolute atomic E-state index is 3.73. The van der Waals surface area contributed by atoms with Crippen LogP contribution in [0.2, 0.25) is 0 Å². The molecule has 3 atom stereocenters. The zero-order valence-corrected chi connectivity index (χ0v) is 14.2. The summed E-state index contributed by atoms with van der Waals surface area (Å²) in [5.41, 5.74) is 1.35. The number of benzene rings is 1. The molecule has 1 saturated heterocycles. The molecule has 1 aliphatic rings. The van der Waals surface area contributed by atoms with Gasteiger partial charge in [0.25, 0.3) is 0 Å². The minimum atomic E-state index is 0.397. The van der Waals surface area contributed by atoms with Crippen molar-refractivity contribution < 1.29 is 0 Å². The van der Waals surface area contributed by atoms with E-state index in [1.54, 1.807) is 0 Å². The van der Waals surface area contributed by atoms with Crippen LogP contribution in [0.3, 0.4) is 0 Å². The van der Waals surface area contributed by atoms with Crippen LogP contribution >= 0.6 is 15.9 Å². The Kier molecular flexibility index (Phi) is 6.53. The number of halogens is 1. The van der Waals surface area contributed by atoms with Gasteiger partial charge in [0, 0.05) is 22.6 Å². The van der Waals surface area contributed by atoms with Crippen LogP contribution in [0.4, 0.5) is 0 Å². The maximum Gasteiger partial charge on any atom is 0.0294 e. The zero-order valence-electron chi connectivity index (χ0n) is 12.7. The van der Waals surface area contributed by atoms with Crippen LogP contribution in [-0.4, -0.2) is 18.6 Å². The van der Waals surface area contributed by atoms with Crippen LogP contribution in [-0.2, 0) is 0 Å². The molecule has 2 rings (SSSR count). The molecule has 1 aromatic rings. The van der Waals surface area contributed by atoms with Gasteiger partial charge in [0.15, 0.2) is 0 Å². The van der Waals surface area contributed by atoms with E-state index >= 15 is 0 Å². The summed E-state index contributed by atoms with van der Waals surface area (Å²) in [6, 6.07) is 10.2. The summed E-state index contributed by atoms with van der Waals surface area (Å²) in [4.78, 5) is 0. The first kappa shape index (κ1) is 16.0. The lowest BCUT2D eigenvalue weighted by Crippen LogP contribution is -2.37. The second-order valence-electron chi connectivity index (χ2n) is 6.08. The molecule has 1 heterocycles. The van der Waals surface area contributed by atoms with Crippen molar-refractivity contribution in [1.29, 1.82) is 0 Å². The third-order valence-corrected chi connectivity index (χ3v) is 4.68. The van der Waals surface area contributed by atoms with Gasteiger partial charge >= 0.3 is 0 Å². The van der Waals surface area contributed by atoms with Gasteiger partial charge in [-0.15, -0.1) is 0 Å². The molecule has 0 radical (unpaired) electrons. The van der Waals surface area contributed by atoms with E-state index in [0.717, 1.165) is 4.47 Å². The monoisotopic (exact) mass is 338 g/mol. The Bertz CT molecular complexity index is 400. The Labute approximate surface area is 131 Å². The van der Waals surface area contributed by atoms with E-state index in [4.69, 9.17) is 0 Å². The summed E-state index contributed by atoms with van der Waals surface area (Å²) in [5.74, 6) is 0. The van der Waals surface area contributed by atoms with Gasteiger partial charge < -0.3 is 10.6 Å². The van der Waals surface area contributed by atoms with Crippen molar-refractivity contribution in [2.75, 3.05) is 6.54 Å². The van der Waals surface area contributed by atoms with Crippen LogP contribution in [0.25, 0.3) is 0 Å². The van der Waals surface area contributed by atoms with Gasteiger partial charge in [-0.1, -0.05) is 40.9 Å². The molecule has 1 aliphatic heterocycles. The molecule has 0 amide bonds. The minimum Gasteiger partial charge on any atom is -0.314 e. The first-order chi connectivity index (χ1) is 9.65. The first-order valence-corrected chi connectivity index (χ1v) is 8.69. The average Bonchev–Trinajstić information content (AvgIpc) is 2.67. The molecule has 3 heteroatoms. The fourth-order valence-electron chi connectivity index (χ4n) is 3.10. The van der Waals surface area contributed by atoms with E-state index in [2.05, 4.69) is 64.7 Å². The van der Waals surface area contributed by atoms with Crippen molar-refractivity contribution in [2.45, 2.75) is 64.1 Å². The third-order valence-electron chi connectivity index (χ3n) is 4.18. The molecule has 0 saturated carbocycles. The molecule has 1 fully saturated rings. The fourth-order valence-corrected chi connectivity index (χ4v) is 3.51. The largest absolute Gasteiger partial charge is 0.314 e. The maximum atomic E-state index is 3.73. The second-order valence-corrected chi connectivity index (χ2v) is 7.00. The number of hydrogen-bond acceptors (Lipinski definition) is 2. The standard InChI is InChI=1S/C17H27BrN2/c1-13(11-17-9-4-3-5-10-19-17)20-14(2)15-7-6-8-16(18)12-15/h6-8,12-14,17,19-20H,3-5,9-11H2,1-2H3. The fraction of sp³-hybridized carbons (Fsp3) is 0.647. The summed E-state index contributed by atoms with van der Waals surface area (Å²) in [7, 11) is 0. The highest BCUT2D eigenvalue weighted by atomic mass is 79.9. The van der Waals surface area contributed by atoms with E-state index < -0.39 is 0 Å². The van der Waals surface area contributed by atoms with Crippen molar-refractivity contribution in [1.82, 2.24) is 10.6 Å². The van der Waals surface area contributed by atoms with Crippen LogP contribution in [0, 0.1) is 0 Å². The molecular weight excluding hydrogens is 312 g/mol. The van der Waals surface area contributed by atoms with E-state index in [9.17, 15) is 0 Å². The zero-order chi connectivity index (χ0) is 14.4. The summed E-state index contributed by atoms with van der Waals surface area (Å²) in [6.45, 7) is 5.75. The Morgan fingerprint density at radius 1 is 1.30 bits per heavy atom. The lowest BCUT2D eigenvalue weighted by molar-refractivity contribution is 0.380. The normalized spacial score (nSPS) is 23.1. The van der Waals surface area contributed by atoms with E-state index in [1.165, 1.54) is 44.2 Å². The van der Waals surface area contributed by atoms with Crippen molar-refractivity contribution >= 4 is 15.9 Å². The molecule has 2 N–H and O–H groups in total. The predicted octanol–water partition coefficient (Wildman–Crippen LogP) is 4.41. The highest BCUT2D eigenvalue weighted by Gasteiger charge is 2.16. The Morgan fingerprint density at radius 3 is 2.95 bits per heavy atom. The van der Waals surface area contributed by atoms with Crippen LogP contribution < -0.4 is 10.6 Å². The molecule has 2 nitrogen and oxygen atoms in total. The van der Waals surface area contributed by atoms with Crippen LogP contribution in [0.1, 0.15) is 57.6 Å². The first-order valence-electron chi connectivity index (χ1n) is 7.90. The molecule has 0 spiro atoms. The van der Waals surface area contributed by atoms with Crippen molar-refractivity contribution in [3.05, 3.63) is 34.3 Å². The lowest BCUT2D eigenvalue weighted by Gasteiger charge is -2.25. The molecule has 0 aliphatic carbocycles. The molecule has 0 aromatic heterocycles. The Hall–Kier alpha value is -0.380. The molecule has 20 heavy (non-hydrogen) atoms. The van der Waals surface area contributed by atoms with Gasteiger partial charge in [0.2, 0.25) is 0 Å². The molecule has 3 unspecified atom stereocenters. The quantitative estimate of drug-likeness (QED) is 0.830. The summed E-state index contributed by atoms with van der Waals surface area (Å²) in [6.07, 6.45) is 6.66. The van der Waals surface area contributed by atoms with Gasteiger partial charge in [-0.05, 0) is 57.4 Å². The second kappa shape index (κ2) is 8.16. The van der Waals surface area contributed by atoms with Gasteiger partial charge in [0.1, 0.15) is 0 Å². The Balaban J connectivity index is 1.82. The highest BCUT2D eigenvalue weighted by molar-refractivity contribution is 9.10. The molecular formula is C17H27BrN2. The molecule has 112 valence electrons. The summed E-state index contributed by atoms with van der Waals surface area (Å²) in [5, 5.41) is 7.42. The van der Waals surface area contributed by atoms with Crippen molar-refractivity contribution in [3.8, 4) is 0 Å². The smallest absolute Gasteiger partial charge is 0.0294 e. The predicted molar refractivity (Wildman–Crippen MR) is 90.0 cm³/mol. The molecule has 0 bridgehead atoms.